The van der Waals surface area contributed by atoms with Crippen LogP contribution in [0.2, 0.25) is 0 Å². The molecule has 0 spiro atoms. The van der Waals surface area contributed by atoms with E-state index in [1.54, 1.807) is 6.07 Å². The van der Waals surface area contributed by atoms with Crippen molar-refractivity contribution in [3.8, 4) is 0 Å². The van der Waals surface area contributed by atoms with Gasteiger partial charge in [0.1, 0.15) is 11.4 Å². The van der Waals surface area contributed by atoms with Gasteiger partial charge in [-0.1, -0.05) is 18.2 Å². The highest BCUT2D eigenvalue weighted by atomic mass is 16.5. The van der Waals surface area contributed by atoms with Gasteiger partial charge in [0.05, 0.1) is 17.7 Å². The summed E-state index contributed by atoms with van der Waals surface area (Å²) in [5.74, 6) is -0.570. The SMILES string of the molecule is CC(Nc1nc2ccccc2cc1C(=O)O)C1CCCO1. The number of ether oxygens (including phenoxy) is 1. The molecule has 1 aliphatic heterocycles. The predicted molar refractivity (Wildman–Crippen MR) is 80.8 cm³/mol. The van der Waals surface area contributed by atoms with Crippen LogP contribution in [0.3, 0.4) is 0 Å². The van der Waals surface area contributed by atoms with Gasteiger partial charge in [-0.05, 0) is 31.9 Å². The number of nitrogens with one attached hydrogen (secondary N) is 1. The molecule has 0 radical (unpaired) electrons. The number of fused-ring (bicyclic) bond motifs is 1. The van der Waals surface area contributed by atoms with Crippen molar-refractivity contribution in [1.82, 2.24) is 4.98 Å². The molecular weight excluding hydrogens is 268 g/mol. The van der Waals surface area contributed by atoms with E-state index >= 15 is 0 Å². The van der Waals surface area contributed by atoms with Crippen molar-refractivity contribution in [1.29, 1.82) is 0 Å². The third-order valence-electron chi connectivity index (χ3n) is 3.84. The van der Waals surface area contributed by atoms with Crippen LogP contribution in [-0.2, 0) is 4.74 Å². The van der Waals surface area contributed by atoms with Gasteiger partial charge in [0.25, 0.3) is 0 Å². The molecule has 1 saturated heterocycles. The van der Waals surface area contributed by atoms with Crippen molar-refractivity contribution in [2.24, 2.45) is 0 Å². The van der Waals surface area contributed by atoms with E-state index in [0.29, 0.717) is 5.82 Å². The van der Waals surface area contributed by atoms with Gasteiger partial charge in [-0.15, -0.1) is 0 Å². The minimum atomic E-state index is -0.977. The molecule has 2 unspecified atom stereocenters. The normalized spacial score (nSPS) is 19.6. The van der Waals surface area contributed by atoms with Crippen LogP contribution in [-0.4, -0.2) is 34.8 Å². The number of hydrogen-bond acceptors (Lipinski definition) is 4. The fourth-order valence-electron chi connectivity index (χ4n) is 2.69. The van der Waals surface area contributed by atoms with Crippen molar-refractivity contribution < 1.29 is 14.6 Å². The molecule has 0 bridgehead atoms. The van der Waals surface area contributed by atoms with Crippen LogP contribution in [0.15, 0.2) is 30.3 Å². The summed E-state index contributed by atoms with van der Waals surface area (Å²) in [6, 6.07) is 9.19. The van der Waals surface area contributed by atoms with E-state index in [2.05, 4.69) is 10.3 Å². The molecule has 0 aliphatic carbocycles. The third kappa shape index (κ3) is 2.83. The summed E-state index contributed by atoms with van der Waals surface area (Å²) >= 11 is 0. The zero-order valence-corrected chi connectivity index (χ0v) is 11.9. The van der Waals surface area contributed by atoms with Gasteiger partial charge in [0.15, 0.2) is 0 Å². The summed E-state index contributed by atoms with van der Waals surface area (Å²) in [5, 5.41) is 13.4. The van der Waals surface area contributed by atoms with E-state index in [1.165, 1.54) is 0 Å². The van der Waals surface area contributed by atoms with Crippen LogP contribution >= 0.6 is 0 Å². The zero-order valence-electron chi connectivity index (χ0n) is 11.9. The average Bonchev–Trinajstić information content (AvgIpc) is 3.00. The van der Waals surface area contributed by atoms with Gasteiger partial charge in [-0.25, -0.2) is 9.78 Å². The Morgan fingerprint density at radius 1 is 1.48 bits per heavy atom. The summed E-state index contributed by atoms with van der Waals surface area (Å²) < 4.78 is 5.64. The minimum Gasteiger partial charge on any atom is -0.478 e. The van der Waals surface area contributed by atoms with Crippen molar-refractivity contribution in [3.63, 3.8) is 0 Å². The lowest BCUT2D eigenvalue weighted by molar-refractivity contribution is 0.0697. The van der Waals surface area contributed by atoms with E-state index in [-0.39, 0.29) is 17.7 Å². The van der Waals surface area contributed by atoms with Gasteiger partial charge in [-0.3, -0.25) is 0 Å². The summed E-state index contributed by atoms with van der Waals surface area (Å²) in [6.45, 7) is 2.77. The average molecular weight is 286 g/mol. The molecule has 1 aromatic carbocycles. The molecule has 2 aromatic rings. The summed E-state index contributed by atoms with van der Waals surface area (Å²) in [5.41, 5.74) is 0.975. The summed E-state index contributed by atoms with van der Waals surface area (Å²) in [6.07, 6.45) is 2.15. The number of pyridine rings is 1. The molecular formula is C16H18N2O3. The molecule has 0 amide bonds. The molecule has 0 saturated carbocycles. The molecule has 2 heterocycles. The Bertz CT molecular complexity index is 666. The number of hydrogen-bond donors (Lipinski definition) is 2. The number of para-hydroxylation sites is 1. The van der Waals surface area contributed by atoms with E-state index in [9.17, 15) is 9.90 Å². The second kappa shape index (κ2) is 5.69. The maximum atomic E-state index is 11.5. The van der Waals surface area contributed by atoms with Crippen molar-refractivity contribution >= 4 is 22.7 Å². The largest absolute Gasteiger partial charge is 0.478 e. The first-order valence-electron chi connectivity index (χ1n) is 7.16. The van der Waals surface area contributed by atoms with E-state index in [1.807, 2.05) is 31.2 Å². The first-order valence-corrected chi connectivity index (χ1v) is 7.16. The molecule has 5 nitrogen and oxygen atoms in total. The Morgan fingerprint density at radius 3 is 3.00 bits per heavy atom. The third-order valence-corrected chi connectivity index (χ3v) is 3.84. The lowest BCUT2D eigenvalue weighted by Crippen LogP contribution is -2.31. The van der Waals surface area contributed by atoms with Crippen LogP contribution in [0.25, 0.3) is 10.9 Å². The highest BCUT2D eigenvalue weighted by Gasteiger charge is 2.24. The monoisotopic (exact) mass is 286 g/mol. The Labute approximate surface area is 123 Å². The van der Waals surface area contributed by atoms with Gasteiger partial charge >= 0.3 is 5.97 Å². The maximum Gasteiger partial charge on any atom is 0.339 e. The van der Waals surface area contributed by atoms with Crippen LogP contribution in [0, 0.1) is 0 Å². The first kappa shape index (κ1) is 13.8. The number of aromatic nitrogens is 1. The molecule has 2 N–H and O–H groups in total. The summed E-state index contributed by atoms with van der Waals surface area (Å²) in [7, 11) is 0. The molecule has 5 heteroatoms. The van der Waals surface area contributed by atoms with E-state index in [4.69, 9.17) is 4.74 Å². The lowest BCUT2D eigenvalue weighted by atomic mass is 10.1. The number of carboxylic acids is 1. The van der Waals surface area contributed by atoms with Crippen LogP contribution in [0.1, 0.15) is 30.1 Å². The van der Waals surface area contributed by atoms with Crippen molar-refractivity contribution in [2.75, 3.05) is 11.9 Å². The number of anilines is 1. The zero-order chi connectivity index (χ0) is 14.8. The number of benzene rings is 1. The molecule has 1 aliphatic rings. The molecule has 21 heavy (non-hydrogen) atoms. The van der Waals surface area contributed by atoms with Crippen LogP contribution < -0.4 is 5.32 Å². The van der Waals surface area contributed by atoms with Crippen LogP contribution in [0.4, 0.5) is 5.82 Å². The molecule has 1 fully saturated rings. The van der Waals surface area contributed by atoms with E-state index < -0.39 is 5.97 Å². The van der Waals surface area contributed by atoms with E-state index in [0.717, 1.165) is 30.4 Å². The van der Waals surface area contributed by atoms with Gasteiger partial charge in [-0.2, -0.15) is 0 Å². The topological polar surface area (TPSA) is 71.5 Å². The molecule has 1 aromatic heterocycles. The highest BCUT2D eigenvalue weighted by molar-refractivity contribution is 5.98. The number of carboxylic acid groups (broad SMARTS) is 1. The number of carbonyl (C=O) groups is 1. The van der Waals surface area contributed by atoms with Crippen molar-refractivity contribution in [2.45, 2.75) is 31.9 Å². The Morgan fingerprint density at radius 2 is 2.29 bits per heavy atom. The Kier molecular flexibility index (Phi) is 3.75. The predicted octanol–water partition coefficient (Wildman–Crippen LogP) is 2.91. The maximum absolute atomic E-state index is 11.5. The van der Waals surface area contributed by atoms with Gasteiger partial charge < -0.3 is 15.2 Å². The summed E-state index contributed by atoms with van der Waals surface area (Å²) in [4.78, 5) is 15.9. The Hall–Kier alpha value is -2.14. The Balaban J connectivity index is 1.95. The van der Waals surface area contributed by atoms with Crippen molar-refractivity contribution in [3.05, 3.63) is 35.9 Å². The van der Waals surface area contributed by atoms with Gasteiger partial charge in [0.2, 0.25) is 0 Å². The number of aromatic carboxylic acids is 1. The number of rotatable bonds is 4. The molecule has 110 valence electrons. The minimum absolute atomic E-state index is 0.0271. The highest BCUT2D eigenvalue weighted by Crippen LogP contribution is 2.23. The fourth-order valence-corrected chi connectivity index (χ4v) is 2.69. The quantitative estimate of drug-likeness (QED) is 0.904. The fraction of sp³-hybridized carbons (Fsp3) is 0.375. The first-order chi connectivity index (χ1) is 10.1. The lowest BCUT2D eigenvalue weighted by Gasteiger charge is -2.21. The van der Waals surface area contributed by atoms with Gasteiger partial charge in [0, 0.05) is 12.0 Å². The standard InChI is InChI=1S/C16H18N2O3/c1-10(14-7-4-8-21-14)17-15-12(16(19)20)9-11-5-2-3-6-13(11)18-15/h2-3,5-6,9-10,14H,4,7-8H2,1H3,(H,17,18)(H,19,20). The second-order valence-corrected chi connectivity index (χ2v) is 5.37. The molecule has 2 atom stereocenters. The molecule has 3 rings (SSSR count). The number of nitrogens with zero attached hydrogens (tertiary/aromatic N) is 1. The van der Waals surface area contributed by atoms with Crippen LogP contribution in [0.5, 0.6) is 0 Å². The smallest absolute Gasteiger partial charge is 0.339 e. The second-order valence-electron chi connectivity index (χ2n) is 5.37.